The van der Waals surface area contributed by atoms with Gasteiger partial charge in [0.05, 0.1) is 95.9 Å². The monoisotopic (exact) mass is 1840 g/mol. The number of carboxylic acid groups (broad SMARTS) is 1. The van der Waals surface area contributed by atoms with Gasteiger partial charge in [0.2, 0.25) is 22.5 Å². The van der Waals surface area contributed by atoms with Crippen LogP contribution in [0.15, 0.2) is 241 Å². The third-order valence-electron chi connectivity index (χ3n) is 20.2. The summed E-state index contributed by atoms with van der Waals surface area (Å²) < 4.78 is 227. The summed E-state index contributed by atoms with van der Waals surface area (Å²) in [6, 6.07) is 33.3. The van der Waals surface area contributed by atoms with E-state index < -0.39 is 223 Å². The van der Waals surface area contributed by atoms with E-state index in [0.29, 0.717) is 29.0 Å². The van der Waals surface area contributed by atoms with Gasteiger partial charge in [-0.25, -0.2) is 24.8 Å². The minimum Gasteiger partial charge on any atom is -0.480 e. The van der Waals surface area contributed by atoms with Gasteiger partial charge < -0.3 is 34.7 Å². The molecule has 2 aliphatic carbocycles. The smallest absolute Gasteiger partial charge is 0.335 e. The van der Waals surface area contributed by atoms with Crippen LogP contribution in [0.3, 0.4) is 0 Å². The average molecular weight is 1840 g/mol. The van der Waals surface area contributed by atoms with Gasteiger partial charge >= 0.3 is 12.0 Å². The minimum absolute atomic E-state index is 0.00163. The molecule has 14 aromatic rings. The number of rotatable bonds is 22. The average Bonchev–Trinajstić information content (AvgIpc) is 0.707. The number of nitrogens with zero attached hydrogens (tertiary/aromatic N) is 8. The van der Waals surface area contributed by atoms with E-state index in [2.05, 4.69) is 60.5 Å². The molecule has 4 heterocycles. The van der Waals surface area contributed by atoms with Crippen LogP contribution < -0.4 is 49.0 Å². The fourth-order valence-electron chi connectivity index (χ4n) is 14.6. The largest absolute Gasteiger partial charge is 0.480 e. The number of hydrogen-bond acceptors (Lipinski definition) is 29. The molecule has 0 saturated heterocycles. The highest BCUT2D eigenvalue weighted by atomic mass is 32.2. The number of carboxylic acids is 1. The second kappa shape index (κ2) is 31.3. The highest BCUT2D eigenvalue weighted by Crippen LogP contribution is 2.48. The van der Waals surface area contributed by atoms with Crippen molar-refractivity contribution in [3.63, 3.8) is 0 Å². The number of fused-ring (bicyclic) bond motifs is 5. The Balaban J connectivity index is 0.794. The Bertz CT molecular complexity index is 8620. The first kappa shape index (κ1) is 85.5. The minimum atomic E-state index is -5.65. The summed E-state index contributed by atoms with van der Waals surface area (Å²) in [5.74, 6) is -5.02. The lowest BCUT2D eigenvalue weighted by Gasteiger charge is -2.26. The number of ketones is 4. The number of aromatic amines is 4. The first-order chi connectivity index (χ1) is 59.8. The fraction of sp³-hybridized carbons (Fsp3) is 0.0506. The Morgan fingerprint density at radius 1 is 0.417 bits per heavy atom. The zero-order valence-corrected chi connectivity index (χ0v) is 68.9. The number of hydrogen-bond donors (Lipinski definition) is 14. The summed E-state index contributed by atoms with van der Waals surface area (Å²) in [5, 5.41) is 26.7. The van der Waals surface area contributed by atoms with Gasteiger partial charge in [-0.1, -0.05) is 84.9 Å². The standard InChI is InChI=1S/C79H54N14O28S6/c1-92-53-23-21-47(61-63(53)59(43-13-3-5-15-45(43)69(61)96)65(71(92)98)67(94)37-9-7-11-41(29-37)122(103,104)105)82-49-31-51(57(126(115,116)117)33-55(49)124(109,110)111)84-76-86-74(88-78(102)89-76)80-25-26-81-75-87-77(91-79(90-75)121-40-20-19-35-27-39(73(100)101)18-17-36(35)28-40)85-52-32-50(56(125(112,113)114)34-58(52)127(118,119)120)83-48-22-24-54-64-60(44-14-4-6-16-46(44)70(97)62(48)64)66(72(99)93(54)2)68(95)38-10-8-12-42(30-38)123(106,107)108/h3-24,27-34,82-83H,25-26H2,1-2H3,(H,100,101)(H,103,104,105)(H,106,107,108)(H,109,110,111)(H,112,113,114)(H,115,116,117)(H,118,119,120)(H2,81,85,87,90,91)(H3,80,84,86,88,89,102). The van der Waals surface area contributed by atoms with E-state index in [-0.39, 0.29) is 95.1 Å². The number of aromatic carboxylic acids is 1. The van der Waals surface area contributed by atoms with Crippen LogP contribution in [-0.4, -0.2) is 169 Å². The molecule has 0 aliphatic heterocycles. The Morgan fingerprint density at radius 3 is 1.27 bits per heavy atom. The van der Waals surface area contributed by atoms with Crippen LogP contribution in [0, 0.1) is 0 Å². The molecular formula is C79H54N14O28S6. The van der Waals surface area contributed by atoms with Crippen molar-refractivity contribution in [1.29, 1.82) is 0 Å². The van der Waals surface area contributed by atoms with Gasteiger partial charge in [0.25, 0.3) is 77.8 Å². The van der Waals surface area contributed by atoms with Crippen molar-refractivity contribution in [2.24, 2.45) is 34.1 Å². The van der Waals surface area contributed by atoms with Crippen molar-refractivity contribution in [3.8, 4) is 40.0 Å². The lowest BCUT2D eigenvalue weighted by Crippen LogP contribution is -2.29. The first-order valence-corrected chi connectivity index (χ1v) is 44.8. The topological polar surface area (TPSA) is 668 Å². The highest BCUT2D eigenvalue weighted by molar-refractivity contribution is 7.87. The van der Waals surface area contributed by atoms with E-state index in [1.807, 2.05) is 0 Å². The second-order valence-corrected chi connectivity index (χ2v) is 36.4. The predicted octanol–water partition coefficient (Wildman–Crippen LogP) is 6.66. The van der Waals surface area contributed by atoms with Crippen LogP contribution in [0.25, 0.3) is 54.8 Å². The van der Waals surface area contributed by atoms with Crippen LogP contribution in [0.1, 0.15) is 74.0 Å². The van der Waals surface area contributed by atoms with Crippen molar-refractivity contribution in [2.75, 3.05) is 23.7 Å². The molecule has 0 fully saturated rings. The van der Waals surface area contributed by atoms with Gasteiger partial charge in [-0.2, -0.15) is 60.5 Å². The van der Waals surface area contributed by atoms with Gasteiger partial charge in [-0.05, 0) is 119 Å². The van der Waals surface area contributed by atoms with Crippen molar-refractivity contribution in [1.82, 2.24) is 39.0 Å². The lowest BCUT2D eigenvalue weighted by atomic mass is 9.80. The SMILES string of the molecule is Cn1c(=O)c(C(=O)c2cccc(S(=O)(=O)O)c2)c2c3c(c(Nc4cc(N=c5[nH]c(O)nc(=NCCN=c6nc(Oc7ccc8cc(C(=O)O)ccc8c7)[nH]c(=Nc7cc(Nc8ccc9c%10c8C(=O)c8ccccc8-c%10c(C(=O)c8cccc(S(=O)(=O)O)c8)c(=O)n9C)c(S(=O)(=O)O)cc7S(=O)(=O)O)[nH]6)[nH]5)c(S(=O)(=O)O)cc4S(=O)(=O)O)ccc31)C(=O)c1ccccc1-2. The molecule has 14 N–H and O–H groups in total. The number of nitrogens with one attached hydrogen (secondary N) is 6. The maximum Gasteiger partial charge on any atom is 0.335 e. The van der Waals surface area contributed by atoms with Gasteiger partial charge in [0, 0.05) is 58.2 Å². The summed E-state index contributed by atoms with van der Waals surface area (Å²) in [6.07, 6.45) is 0. The zero-order chi connectivity index (χ0) is 91.0. The summed E-state index contributed by atoms with van der Waals surface area (Å²) in [7, 11) is -29.8. The molecule has 0 radical (unpaired) electrons. The number of aromatic nitrogens is 8. The quantitative estimate of drug-likeness (QED) is 0.0191. The van der Waals surface area contributed by atoms with Crippen molar-refractivity contribution in [3.05, 3.63) is 275 Å². The molecule has 0 unspecified atom stereocenters. The Morgan fingerprint density at radius 2 is 0.835 bits per heavy atom. The number of aromatic hydroxyl groups is 1. The van der Waals surface area contributed by atoms with Crippen molar-refractivity contribution < 1.29 is 117 Å². The summed E-state index contributed by atoms with van der Waals surface area (Å²) >= 11 is 0. The number of pyridine rings is 2. The second-order valence-electron chi connectivity index (χ2n) is 28.0. The number of aryl methyl sites for hydroxylation is 2. The van der Waals surface area contributed by atoms with E-state index in [4.69, 9.17) is 4.74 Å². The molecule has 0 spiro atoms. The molecule has 42 nitrogen and oxygen atoms in total. The van der Waals surface area contributed by atoms with E-state index >= 15 is 4.79 Å². The van der Waals surface area contributed by atoms with Crippen molar-refractivity contribution >= 4 is 157 Å². The van der Waals surface area contributed by atoms with Crippen LogP contribution in [0.4, 0.5) is 34.1 Å². The normalized spacial score (nSPS) is 13.4. The molecule has 2 aliphatic rings. The van der Waals surface area contributed by atoms with E-state index in [9.17, 15) is 117 Å². The van der Waals surface area contributed by atoms with Crippen LogP contribution in [-0.2, 0) is 74.8 Å². The molecule has 48 heteroatoms. The Labute approximate surface area is 710 Å². The van der Waals surface area contributed by atoms with Gasteiger partial charge in [-0.15, -0.1) is 0 Å². The Kier molecular flexibility index (Phi) is 21.1. The fourth-order valence-corrected chi connectivity index (χ4v) is 18.4. The molecule has 0 bridgehead atoms. The van der Waals surface area contributed by atoms with Crippen LogP contribution >= 0.6 is 0 Å². The number of carbonyl (C=O) groups is 5. The molecule has 0 amide bonds. The third-order valence-corrected chi connectivity index (χ3v) is 25.4. The third kappa shape index (κ3) is 16.1. The maximum absolute atomic E-state index is 15.0. The summed E-state index contributed by atoms with van der Waals surface area (Å²) in [5.41, 5.74) is -11.5. The zero-order valence-electron chi connectivity index (χ0n) is 64.0. The predicted molar refractivity (Wildman–Crippen MR) is 444 cm³/mol. The van der Waals surface area contributed by atoms with E-state index in [0.717, 1.165) is 45.5 Å². The highest BCUT2D eigenvalue weighted by Gasteiger charge is 2.39. The van der Waals surface area contributed by atoms with E-state index in [1.165, 1.54) is 135 Å². The van der Waals surface area contributed by atoms with Crippen LogP contribution in [0.5, 0.6) is 17.8 Å². The number of anilines is 4. The number of ether oxygens (including phenoxy) is 1. The van der Waals surface area contributed by atoms with Crippen molar-refractivity contribution in [2.45, 2.75) is 29.4 Å². The summed E-state index contributed by atoms with van der Waals surface area (Å²) in [4.78, 5) is 129. The number of benzene rings is 10. The van der Waals surface area contributed by atoms with Crippen LogP contribution in [0.2, 0.25) is 0 Å². The molecule has 16 rings (SSSR count). The maximum atomic E-state index is 15.0. The first-order valence-electron chi connectivity index (χ1n) is 36.2. The van der Waals surface area contributed by atoms with Gasteiger partial charge in [-0.3, -0.25) is 76.0 Å². The molecular weight excluding hydrogens is 1790 g/mol. The van der Waals surface area contributed by atoms with Gasteiger partial charge in [0.1, 0.15) is 25.3 Å². The molecule has 10 aromatic carbocycles. The molecule has 4 aromatic heterocycles. The van der Waals surface area contributed by atoms with E-state index in [1.54, 1.807) is 0 Å². The molecule has 644 valence electrons. The Hall–Kier alpha value is -15.1. The number of H-pyrrole nitrogens is 4. The van der Waals surface area contributed by atoms with Gasteiger partial charge in [0.15, 0.2) is 23.1 Å². The molecule has 0 saturated carbocycles. The molecule has 0 atom stereocenters. The lowest BCUT2D eigenvalue weighted by molar-refractivity contribution is 0.0695. The summed E-state index contributed by atoms with van der Waals surface area (Å²) in [6.45, 7) is -0.981. The number of carbonyl (C=O) groups excluding carboxylic acids is 4. The molecule has 127 heavy (non-hydrogen) atoms.